The van der Waals surface area contributed by atoms with Gasteiger partial charge in [-0.15, -0.1) is 0 Å². The van der Waals surface area contributed by atoms with Crippen LogP contribution in [0.3, 0.4) is 0 Å². The van der Waals surface area contributed by atoms with Crippen LogP contribution in [-0.2, 0) is 0 Å². The second-order valence-corrected chi connectivity index (χ2v) is 4.75. The Labute approximate surface area is 118 Å². The van der Waals surface area contributed by atoms with Gasteiger partial charge in [0.05, 0.1) is 23.1 Å². The molecule has 2 rings (SSSR count). The minimum Gasteiger partial charge on any atom is -0.320 e. The monoisotopic (exact) mass is 270 g/mol. The lowest BCUT2D eigenvalue weighted by Gasteiger charge is -2.10. The smallest absolute Gasteiger partial charge is 0.257 e. The van der Waals surface area contributed by atoms with Crippen LogP contribution in [0.2, 0.25) is 0 Å². The first-order chi connectivity index (χ1) is 9.70. The number of amides is 1. The molecular weight excluding hydrogens is 252 g/mol. The number of hydrogen-bond acceptors (Lipinski definition) is 4. The summed E-state index contributed by atoms with van der Waals surface area (Å²) in [5.74, 6) is 0.142. The summed E-state index contributed by atoms with van der Waals surface area (Å²) in [7, 11) is 0. The lowest BCUT2D eigenvalue weighted by atomic mass is 10.0. The van der Waals surface area contributed by atoms with Crippen molar-refractivity contribution in [3.8, 4) is 0 Å². The first-order valence-electron chi connectivity index (χ1n) is 6.74. The van der Waals surface area contributed by atoms with Gasteiger partial charge >= 0.3 is 0 Å². The van der Waals surface area contributed by atoms with Gasteiger partial charge in [-0.2, -0.15) is 10.2 Å². The number of carbonyl (C=O) groups excluding carboxylic acids is 1. The second-order valence-electron chi connectivity index (χ2n) is 4.75. The number of rotatable bonds is 5. The maximum Gasteiger partial charge on any atom is 0.257 e. The largest absolute Gasteiger partial charge is 0.320 e. The van der Waals surface area contributed by atoms with Crippen LogP contribution in [0.4, 0.5) is 5.69 Å². The van der Waals surface area contributed by atoms with Crippen LogP contribution >= 0.6 is 0 Å². The molecule has 1 N–H and O–H groups in total. The molecule has 1 unspecified atom stereocenters. The summed E-state index contributed by atoms with van der Waals surface area (Å²) in [6, 6.07) is 5.33. The van der Waals surface area contributed by atoms with Gasteiger partial charge in [-0.1, -0.05) is 20.3 Å². The Balaban J connectivity index is 2.10. The van der Waals surface area contributed by atoms with E-state index in [1.807, 2.05) is 6.07 Å². The maximum atomic E-state index is 12.0. The van der Waals surface area contributed by atoms with E-state index in [9.17, 15) is 4.79 Å². The van der Waals surface area contributed by atoms with Gasteiger partial charge in [0.2, 0.25) is 0 Å². The minimum absolute atomic E-state index is 0.194. The molecule has 2 aromatic heterocycles. The molecule has 1 atom stereocenters. The van der Waals surface area contributed by atoms with E-state index in [0.29, 0.717) is 17.2 Å². The molecule has 5 heteroatoms. The predicted octanol–water partition coefficient (Wildman–Crippen LogP) is 3.03. The Morgan fingerprint density at radius 1 is 1.40 bits per heavy atom. The van der Waals surface area contributed by atoms with Crippen LogP contribution in [0.25, 0.3) is 0 Å². The normalized spacial score (nSPS) is 11.9. The SMILES string of the molecule is CCCC(C)c1cc(NC(=O)c2cccnc2)cnn1. The minimum atomic E-state index is -0.194. The van der Waals surface area contributed by atoms with E-state index in [0.717, 1.165) is 18.5 Å². The van der Waals surface area contributed by atoms with Crippen LogP contribution < -0.4 is 5.32 Å². The fraction of sp³-hybridized carbons (Fsp3) is 0.333. The van der Waals surface area contributed by atoms with Crippen molar-refractivity contribution in [2.45, 2.75) is 32.6 Å². The second kappa shape index (κ2) is 6.75. The number of nitrogens with zero attached hydrogens (tertiary/aromatic N) is 3. The molecule has 0 spiro atoms. The van der Waals surface area contributed by atoms with E-state index in [-0.39, 0.29) is 5.91 Å². The van der Waals surface area contributed by atoms with Crippen LogP contribution in [0.15, 0.2) is 36.8 Å². The van der Waals surface area contributed by atoms with E-state index in [1.54, 1.807) is 24.5 Å². The van der Waals surface area contributed by atoms with Gasteiger partial charge in [-0.05, 0) is 24.6 Å². The van der Waals surface area contributed by atoms with E-state index >= 15 is 0 Å². The molecule has 1 amide bonds. The highest BCUT2D eigenvalue weighted by atomic mass is 16.1. The highest BCUT2D eigenvalue weighted by molar-refractivity contribution is 6.03. The van der Waals surface area contributed by atoms with Crippen molar-refractivity contribution >= 4 is 11.6 Å². The zero-order valence-electron chi connectivity index (χ0n) is 11.7. The molecule has 0 saturated heterocycles. The maximum absolute atomic E-state index is 12.0. The van der Waals surface area contributed by atoms with Crippen molar-refractivity contribution in [1.82, 2.24) is 15.2 Å². The van der Waals surface area contributed by atoms with E-state index in [2.05, 4.69) is 34.3 Å². The molecule has 0 fully saturated rings. The van der Waals surface area contributed by atoms with Gasteiger partial charge in [0.15, 0.2) is 0 Å². The number of pyridine rings is 1. The van der Waals surface area contributed by atoms with Crippen molar-refractivity contribution in [2.75, 3.05) is 5.32 Å². The first-order valence-corrected chi connectivity index (χ1v) is 6.74. The molecule has 104 valence electrons. The van der Waals surface area contributed by atoms with Crippen LogP contribution in [0.5, 0.6) is 0 Å². The number of carbonyl (C=O) groups is 1. The molecule has 0 aliphatic carbocycles. The quantitative estimate of drug-likeness (QED) is 0.906. The third-order valence-electron chi connectivity index (χ3n) is 3.08. The predicted molar refractivity (Wildman–Crippen MR) is 77.5 cm³/mol. The van der Waals surface area contributed by atoms with Gasteiger partial charge in [0.25, 0.3) is 5.91 Å². The molecular formula is C15H18N4O. The zero-order valence-corrected chi connectivity index (χ0v) is 11.7. The van der Waals surface area contributed by atoms with Crippen LogP contribution in [0, 0.1) is 0 Å². The Kier molecular flexibility index (Phi) is 4.76. The summed E-state index contributed by atoms with van der Waals surface area (Å²) in [5.41, 5.74) is 2.08. The molecule has 0 aromatic carbocycles. The number of nitrogens with one attached hydrogen (secondary N) is 1. The fourth-order valence-electron chi connectivity index (χ4n) is 1.97. The molecule has 20 heavy (non-hydrogen) atoms. The fourth-order valence-corrected chi connectivity index (χ4v) is 1.97. The summed E-state index contributed by atoms with van der Waals surface area (Å²) in [4.78, 5) is 16.0. The van der Waals surface area contributed by atoms with Crippen molar-refractivity contribution in [1.29, 1.82) is 0 Å². The summed E-state index contributed by atoms with van der Waals surface area (Å²) in [5, 5.41) is 10.9. The molecule has 0 bridgehead atoms. The zero-order chi connectivity index (χ0) is 14.4. The van der Waals surface area contributed by atoms with Crippen molar-refractivity contribution in [3.63, 3.8) is 0 Å². The Morgan fingerprint density at radius 3 is 2.95 bits per heavy atom. The molecule has 0 aliphatic rings. The van der Waals surface area contributed by atoms with Gasteiger partial charge in [0.1, 0.15) is 0 Å². The van der Waals surface area contributed by atoms with Gasteiger partial charge in [-0.3, -0.25) is 9.78 Å². The van der Waals surface area contributed by atoms with E-state index in [4.69, 9.17) is 0 Å². The van der Waals surface area contributed by atoms with Crippen molar-refractivity contribution < 1.29 is 4.79 Å². The highest BCUT2D eigenvalue weighted by Gasteiger charge is 2.10. The number of aromatic nitrogens is 3. The molecule has 0 saturated carbocycles. The molecule has 2 aromatic rings. The topological polar surface area (TPSA) is 67.8 Å². The highest BCUT2D eigenvalue weighted by Crippen LogP contribution is 2.20. The number of hydrogen-bond donors (Lipinski definition) is 1. The lowest BCUT2D eigenvalue weighted by Crippen LogP contribution is -2.13. The third-order valence-corrected chi connectivity index (χ3v) is 3.08. The van der Waals surface area contributed by atoms with Gasteiger partial charge in [-0.25, -0.2) is 0 Å². The molecule has 2 heterocycles. The van der Waals surface area contributed by atoms with Gasteiger partial charge < -0.3 is 5.32 Å². The molecule has 0 radical (unpaired) electrons. The third kappa shape index (κ3) is 3.60. The standard InChI is InChI=1S/C15H18N4O/c1-3-5-11(2)14-8-13(10-17-19-14)18-15(20)12-6-4-7-16-9-12/h4,6-11H,3,5H2,1-2H3,(H,18,19,20). The molecule has 0 aliphatic heterocycles. The van der Waals surface area contributed by atoms with Crippen LogP contribution in [-0.4, -0.2) is 21.1 Å². The first kappa shape index (κ1) is 14.1. The van der Waals surface area contributed by atoms with Gasteiger partial charge in [0, 0.05) is 18.3 Å². The van der Waals surface area contributed by atoms with E-state index in [1.165, 1.54) is 6.20 Å². The lowest BCUT2D eigenvalue weighted by molar-refractivity contribution is 0.102. The summed E-state index contributed by atoms with van der Waals surface area (Å²) in [6.45, 7) is 4.25. The Hall–Kier alpha value is -2.30. The van der Waals surface area contributed by atoms with Crippen LogP contribution in [0.1, 0.15) is 48.7 Å². The molecule has 5 nitrogen and oxygen atoms in total. The summed E-state index contributed by atoms with van der Waals surface area (Å²) in [6.07, 6.45) is 6.86. The summed E-state index contributed by atoms with van der Waals surface area (Å²) >= 11 is 0. The van der Waals surface area contributed by atoms with Crippen molar-refractivity contribution in [3.05, 3.63) is 48.0 Å². The summed E-state index contributed by atoms with van der Waals surface area (Å²) < 4.78 is 0. The van der Waals surface area contributed by atoms with E-state index < -0.39 is 0 Å². The Morgan fingerprint density at radius 2 is 2.25 bits per heavy atom. The average molecular weight is 270 g/mol. The number of anilines is 1. The van der Waals surface area contributed by atoms with Crippen molar-refractivity contribution in [2.24, 2.45) is 0 Å². The average Bonchev–Trinajstić information content (AvgIpc) is 2.48. The Bertz CT molecular complexity index is 571.